The van der Waals surface area contributed by atoms with Crippen molar-refractivity contribution in [1.29, 1.82) is 0 Å². The molecule has 1 saturated heterocycles. The minimum atomic E-state index is -0.572. The first kappa shape index (κ1) is 13.0. The summed E-state index contributed by atoms with van der Waals surface area (Å²) in [7, 11) is 0. The van der Waals surface area contributed by atoms with Crippen LogP contribution >= 0.6 is 11.8 Å². The van der Waals surface area contributed by atoms with Crippen LogP contribution in [0.2, 0.25) is 0 Å². The molecule has 2 amide bonds. The molecule has 1 unspecified atom stereocenters. The highest BCUT2D eigenvalue weighted by Crippen LogP contribution is 2.28. The Bertz CT molecular complexity index is 316. The zero-order valence-corrected chi connectivity index (χ0v) is 10.4. The van der Waals surface area contributed by atoms with Gasteiger partial charge < -0.3 is 4.84 Å². The number of hydroxylamine groups is 2. The average molecular weight is 245 g/mol. The third-order valence-electron chi connectivity index (χ3n) is 1.98. The second-order valence-electron chi connectivity index (χ2n) is 3.72. The molecule has 0 aromatic carbocycles. The Balaban J connectivity index is 2.64. The van der Waals surface area contributed by atoms with E-state index in [4.69, 9.17) is 0 Å². The van der Waals surface area contributed by atoms with Crippen LogP contribution in [0.15, 0.2) is 0 Å². The summed E-state index contributed by atoms with van der Waals surface area (Å²) in [5.41, 5.74) is 0. The predicted octanol–water partition coefficient (Wildman–Crippen LogP) is 1.12. The molecule has 90 valence electrons. The van der Waals surface area contributed by atoms with E-state index in [2.05, 4.69) is 4.84 Å². The Labute approximate surface area is 98.5 Å². The molecule has 1 aliphatic rings. The number of imide groups is 1. The van der Waals surface area contributed by atoms with E-state index in [-0.39, 0.29) is 18.1 Å². The van der Waals surface area contributed by atoms with E-state index in [1.165, 1.54) is 11.8 Å². The molecule has 0 aromatic rings. The fraction of sp³-hybridized carbons (Fsp3) is 0.700. The van der Waals surface area contributed by atoms with Crippen molar-refractivity contribution in [3.05, 3.63) is 0 Å². The molecule has 0 bridgehead atoms. The topological polar surface area (TPSA) is 63.7 Å². The lowest BCUT2D eigenvalue weighted by atomic mass is 10.4. The van der Waals surface area contributed by atoms with Gasteiger partial charge in [-0.1, -0.05) is 20.8 Å². The molecule has 0 spiro atoms. The first-order valence-corrected chi connectivity index (χ1v) is 6.13. The van der Waals surface area contributed by atoms with Crippen LogP contribution in [0.3, 0.4) is 0 Å². The number of hydrogen-bond donors (Lipinski definition) is 0. The first-order chi connectivity index (χ1) is 7.45. The third kappa shape index (κ3) is 2.98. The highest BCUT2D eigenvalue weighted by molar-refractivity contribution is 8.01. The van der Waals surface area contributed by atoms with Gasteiger partial charge in [0.2, 0.25) is 0 Å². The maximum atomic E-state index is 11.7. The molecule has 1 fully saturated rings. The third-order valence-corrected chi connectivity index (χ3v) is 3.22. The van der Waals surface area contributed by atoms with Crippen molar-refractivity contribution in [2.45, 2.75) is 44.1 Å². The van der Waals surface area contributed by atoms with Gasteiger partial charge in [-0.15, -0.1) is 16.8 Å². The maximum absolute atomic E-state index is 11.7. The van der Waals surface area contributed by atoms with Crippen molar-refractivity contribution >= 4 is 29.5 Å². The minimum absolute atomic E-state index is 0.110. The van der Waals surface area contributed by atoms with Gasteiger partial charge >= 0.3 is 5.97 Å². The highest BCUT2D eigenvalue weighted by Gasteiger charge is 2.42. The molecule has 16 heavy (non-hydrogen) atoms. The largest absolute Gasteiger partial charge is 0.332 e. The van der Waals surface area contributed by atoms with E-state index in [0.29, 0.717) is 5.06 Å². The van der Waals surface area contributed by atoms with E-state index < -0.39 is 23.0 Å². The van der Waals surface area contributed by atoms with Crippen LogP contribution in [-0.2, 0) is 19.2 Å². The minimum Gasteiger partial charge on any atom is -0.330 e. The van der Waals surface area contributed by atoms with Crippen molar-refractivity contribution in [3.63, 3.8) is 0 Å². The Hall–Kier alpha value is -1.04. The van der Waals surface area contributed by atoms with Gasteiger partial charge in [0.05, 0.1) is 11.7 Å². The lowest BCUT2D eigenvalue weighted by Crippen LogP contribution is -2.33. The van der Waals surface area contributed by atoms with Gasteiger partial charge in [-0.05, 0) is 5.25 Å². The SMILES string of the molecule is CCC(=O)ON1C(=O)CC(SC(C)C)C1=O. The zero-order chi connectivity index (χ0) is 12.3. The van der Waals surface area contributed by atoms with Crippen LogP contribution in [0, 0.1) is 0 Å². The van der Waals surface area contributed by atoms with E-state index in [0.717, 1.165) is 0 Å². The van der Waals surface area contributed by atoms with Gasteiger partial charge in [0, 0.05) is 6.42 Å². The van der Waals surface area contributed by atoms with Crippen molar-refractivity contribution in [2.75, 3.05) is 0 Å². The first-order valence-electron chi connectivity index (χ1n) is 5.18. The molecular formula is C10H15NO4S. The molecular weight excluding hydrogens is 230 g/mol. The van der Waals surface area contributed by atoms with Crippen molar-refractivity contribution in [3.8, 4) is 0 Å². The van der Waals surface area contributed by atoms with Gasteiger partial charge in [-0.2, -0.15) is 0 Å². The summed E-state index contributed by atoms with van der Waals surface area (Å²) in [6, 6.07) is 0. The molecule has 0 radical (unpaired) electrons. The standard InChI is InChI=1S/C10H15NO4S/c1-4-9(13)15-11-8(12)5-7(10(11)14)16-6(2)3/h6-7H,4-5H2,1-3H3. The van der Waals surface area contributed by atoms with Gasteiger partial charge in [-0.25, -0.2) is 4.79 Å². The van der Waals surface area contributed by atoms with Gasteiger partial charge in [0.1, 0.15) is 0 Å². The smallest absolute Gasteiger partial charge is 0.330 e. The van der Waals surface area contributed by atoms with E-state index in [1.807, 2.05) is 13.8 Å². The Morgan fingerprint density at radius 3 is 2.69 bits per heavy atom. The number of carbonyl (C=O) groups excluding carboxylic acids is 3. The van der Waals surface area contributed by atoms with Crippen molar-refractivity contribution < 1.29 is 19.2 Å². The highest BCUT2D eigenvalue weighted by atomic mass is 32.2. The molecule has 1 rings (SSSR count). The fourth-order valence-electron chi connectivity index (χ4n) is 1.28. The summed E-state index contributed by atoms with van der Waals surface area (Å²) in [5.74, 6) is -1.44. The van der Waals surface area contributed by atoms with Gasteiger partial charge in [0.25, 0.3) is 11.8 Å². The lowest BCUT2D eigenvalue weighted by Gasteiger charge is -2.13. The Morgan fingerprint density at radius 1 is 1.56 bits per heavy atom. The molecule has 1 aliphatic heterocycles. The molecule has 0 N–H and O–H groups in total. The van der Waals surface area contributed by atoms with Crippen LogP contribution in [0.1, 0.15) is 33.6 Å². The summed E-state index contributed by atoms with van der Waals surface area (Å²) >= 11 is 1.41. The lowest BCUT2D eigenvalue weighted by molar-refractivity contribution is -0.197. The summed E-state index contributed by atoms with van der Waals surface area (Å²) in [5, 5.41) is 0.437. The summed E-state index contributed by atoms with van der Waals surface area (Å²) in [6.45, 7) is 5.50. The summed E-state index contributed by atoms with van der Waals surface area (Å²) < 4.78 is 0. The van der Waals surface area contributed by atoms with Crippen molar-refractivity contribution in [1.82, 2.24) is 5.06 Å². The maximum Gasteiger partial charge on any atom is 0.332 e. The molecule has 0 aliphatic carbocycles. The number of thioether (sulfide) groups is 1. The van der Waals surface area contributed by atoms with Gasteiger partial charge in [0.15, 0.2) is 0 Å². The monoisotopic (exact) mass is 245 g/mol. The molecule has 1 heterocycles. The van der Waals surface area contributed by atoms with Crippen LogP contribution in [-0.4, -0.2) is 33.3 Å². The van der Waals surface area contributed by atoms with Crippen LogP contribution < -0.4 is 0 Å². The quantitative estimate of drug-likeness (QED) is 0.694. The van der Waals surface area contributed by atoms with E-state index in [9.17, 15) is 14.4 Å². The van der Waals surface area contributed by atoms with Crippen LogP contribution in [0.25, 0.3) is 0 Å². The van der Waals surface area contributed by atoms with Crippen molar-refractivity contribution in [2.24, 2.45) is 0 Å². The number of carbonyl (C=O) groups is 3. The molecule has 0 saturated carbocycles. The fourth-order valence-corrected chi connectivity index (χ4v) is 2.39. The molecule has 6 heteroatoms. The van der Waals surface area contributed by atoms with Gasteiger partial charge in [-0.3, -0.25) is 9.59 Å². The zero-order valence-electron chi connectivity index (χ0n) is 9.56. The Morgan fingerprint density at radius 2 is 2.19 bits per heavy atom. The predicted molar refractivity (Wildman–Crippen MR) is 59.4 cm³/mol. The normalized spacial score (nSPS) is 20.8. The molecule has 0 aromatic heterocycles. The van der Waals surface area contributed by atoms with Crippen LogP contribution in [0.5, 0.6) is 0 Å². The number of rotatable bonds is 4. The van der Waals surface area contributed by atoms with Crippen LogP contribution in [0.4, 0.5) is 0 Å². The summed E-state index contributed by atoms with van der Waals surface area (Å²) in [4.78, 5) is 38.8. The molecule has 1 atom stereocenters. The van der Waals surface area contributed by atoms with E-state index in [1.54, 1.807) is 6.92 Å². The molecule has 5 nitrogen and oxygen atoms in total. The Kier molecular flexibility index (Phi) is 4.35. The number of hydrogen-bond acceptors (Lipinski definition) is 5. The number of nitrogens with zero attached hydrogens (tertiary/aromatic N) is 1. The average Bonchev–Trinajstić information content (AvgIpc) is 2.45. The van der Waals surface area contributed by atoms with E-state index >= 15 is 0 Å². The number of amides is 2. The second-order valence-corrected chi connectivity index (χ2v) is 5.50. The summed E-state index contributed by atoms with van der Waals surface area (Å²) in [6.07, 6.45) is 0.248. The second kappa shape index (κ2) is 5.34.